The Hall–Kier alpha value is -2.09. The highest BCUT2D eigenvalue weighted by Crippen LogP contribution is 2.50. The molecule has 0 aliphatic heterocycles. The zero-order valence-corrected chi connectivity index (χ0v) is 17.5. The van der Waals surface area contributed by atoms with Gasteiger partial charge in [0.1, 0.15) is 0 Å². The molecule has 1 unspecified atom stereocenters. The van der Waals surface area contributed by atoms with Gasteiger partial charge in [-0.25, -0.2) is 4.79 Å². The van der Waals surface area contributed by atoms with Crippen molar-refractivity contribution >= 4 is 11.5 Å². The Kier molecular flexibility index (Phi) is 4.96. The van der Waals surface area contributed by atoms with E-state index < -0.39 is 5.97 Å². The molecule has 0 saturated carbocycles. The van der Waals surface area contributed by atoms with E-state index in [-0.39, 0.29) is 10.8 Å². The van der Waals surface area contributed by atoms with E-state index in [0.717, 1.165) is 12.0 Å². The Morgan fingerprint density at radius 3 is 2.30 bits per heavy atom. The maximum absolute atomic E-state index is 10.8. The summed E-state index contributed by atoms with van der Waals surface area (Å²) in [6.07, 6.45) is 10.8. The maximum atomic E-state index is 10.8. The molecule has 0 aromatic heterocycles. The van der Waals surface area contributed by atoms with Gasteiger partial charge in [0.15, 0.2) is 0 Å². The van der Waals surface area contributed by atoms with Crippen LogP contribution in [-0.4, -0.2) is 11.1 Å². The topological polar surface area (TPSA) is 37.3 Å². The number of benzene rings is 1. The van der Waals surface area contributed by atoms with Crippen LogP contribution in [0.1, 0.15) is 89.0 Å². The van der Waals surface area contributed by atoms with Crippen LogP contribution in [-0.2, 0) is 15.6 Å². The molecule has 2 heteroatoms. The second-order valence-electron chi connectivity index (χ2n) is 9.64. The molecule has 2 aliphatic rings. The van der Waals surface area contributed by atoms with Crippen LogP contribution < -0.4 is 0 Å². The molecule has 0 radical (unpaired) electrons. The smallest absolute Gasteiger partial charge is 0.328 e. The lowest BCUT2D eigenvalue weighted by atomic mass is 9.62. The standard InChI is InChI=1S/C25H32O2/c1-16(12-23(26)27)8-7-9-18-13-17(2)19-14-21-22(15-20(18)19)25(5,6)11-10-24(21,3)4/h7-9,12,14-15,17H,10-11,13H2,1-6H3,(H,26,27)/b8-7?,16-12+,18-9?. The Balaban J connectivity index is 2.04. The van der Waals surface area contributed by atoms with Crippen molar-refractivity contribution in [2.24, 2.45) is 0 Å². The van der Waals surface area contributed by atoms with Gasteiger partial charge >= 0.3 is 5.97 Å². The van der Waals surface area contributed by atoms with Gasteiger partial charge in [-0.3, -0.25) is 0 Å². The molecule has 0 fully saturated rings. The molecule has 2 aliphatic carbocycles. The minimum atomic E-state index is -0.902. The van der Waals surface area contributed by atoms with E-state index in [0.29, 0.717) is 5.92 Å². The first kappa shape index (κ1) is 19.7. The lowest BCUT2D eigenvalue weighted by Crippen LogP contribution is -2.34. The van der Waals surface area contributed by atoms with Gasteiger partial charge in [-0.15, -0.1) is 0 Å². The van der Waals surface area contributed by atoms with Crippen molar-refractivity contribution in [3.63, 3.8) is 0 Å². The molecule has 1 aromatic rings. The summed E-state index contributed by atoms with van der Waals surface area (Å²) in [5.74, 6) is -0.373. The number of carboxylic acids is 1. The quantitative estimate of drug-likeness (QED) is 0.490. The number of hydrogen-bond donors (Lipinski definition) is 1. The van der Waals surface area contributed by atoms with Crippen molar-refractivity contribution in [1.82, 2.24) is 0 Å². The third-order valence-electron chi connectivity index (χ3n) is 6.43. The maximum Gasteiger partial charge on any atom is 0.328 e. The van der Waals surface area contributed by atoms with E-state index in [1.165, 1.54) is 46.7 Å². The fourth-order valence-electron chi connectivity index (χ4n) is 4.58. The largest absolute Gasteiger partial charge is 0.478 e. The molecule has 1 aromatic carbocycles. The third kappa shape index (κ3) is 3.81. The van der Waals surface area contributed by atoms with Crippen molar-refractivity contribution in [2.45, 2.75) is 77.6 Å². The number of hydrogen-bond acceptors (Lipinski definition) is 1. The second-order valence-corrected chi connectivity index (χ2v) is 9.64. The molecule has 1 N–H and O–H groups in total. The molecule has 0 amide bonds. The van der Waals surface area contributed by atoms with Gasteiger partial charge < -0.3 is 5.11 Å². The number of carboxylic acid groups (broad SMARTS) is 1. The van der Waals surface area contributed by atoms with Gasteiger partial charge in [0.25, 0.3) is 0 Å². The molecular weight excluding hydrogens is 332 g/mol. The average molecular weight is 365 g/mol. The molecule has 144 valence electrons. The van der Waals surface area contributed by atoms with Crippen LogP contribution in [0.25, 0.3) is 5.57 Å². The monoisotopic (exact) mass is 364 g/mol. The van der Waals surface area contributed by atoms with Gasteiger partial charge in [-0.1, -0.05) is 65.0 Å². The highest BCUT2D eigenvalue weighted by Gasteiger charge is 2.39. The molecule has 0 spiro atoms. The van der Waals surface area contributed by atoms with E-state index >= 15 is 0 Å². The van der Waals surface area contributed by atoms with Crippen LogP contribution >= 0.6 is 0 Å². The molecule has 27 heavy (non-hydrogen) atoms. The average Bonchev–Trinajstić information content (AvgIpc) is 2.86. The molecule has 1 atom stereocenters. The molecule has 0 bridgehead atoms. The van der Waals surface area contributed by atoms with Crippen molar-refractivity contribution in [1.29, 1.82) is 0 Å². The number of carbonyl (C=O) groups is 1. The molecule has 0 saturated heterocycles. The van der Waals surface area contributed by atoms with Crippen LogP contribution in [0.3, 0.4) is 0 Å². The minimum Gasteiger partial charge on any atom is -0.478 e. The van der Waals surface area contributed by atoms with Gasteiger partial charge in [0, 0.05) is 6.08 Å². The number of allylic oxidation sites excluding steroid dienone is 5. The Morgan fingerprint density at radius 2 is 1.70 bits per heavy atom. The summed E-state index contributed by atoms with van der Waals surface area (Å²) >= 11 is 0. The normalized spacial score (nSPS) is 24.9. The van der Waals surface area contributed by atoms with E-state index in [4.69, 9.17) is 5.11 Å². The molecule has 3 rings (SSSR count). The summed E-state index contributed by atoms with van der Waals surface area (Å²) in [6, 6.07) is 4.94. The van der Waals surface area contributed by atoms with Crippen LogP contribution in [0.2, 0.25) is 0 Å². The van der Waals surface area contributed by atoms with Gasteiger partial charge in [0.05, 0.1) is 0 Å². The van der Waals surface area contributed by atoms with Crippen molar-refractivity contribution < 1.29 is 9.90 Å². The van der Waals surface area contributed by atoms with E-state index in [1.807, 2.05) is 19.1 Å². The minimum absolute atomic E-state index is 0.216. The SMILES string of the molecule is C/C(C=CC=C1CC(C)c2cc3c(cc21)C(C)(C)CCC3(C)C)=C\C(=O)O. The van der Waals surface area contributed by atoms with Crippen LogP contribution in [0, 0.1) is 0 Å². The van der Waals surface area contributed by atoms with Crippen molar-refractivity contribution in [3.8, 4) is 0 Å². The second kappa shape index (κ2) is 6.82. The summed E-state index contributed by atoms with van der Waals surface area (Å²) in [6.45, 7) is 13.6. The summed E-state index contributed by atoms with van der Waals surface area (Å²) < 4.78 is 0. The summed E-state index contributed by atoms with van der Waals surface area (Å²) in [5.41, 5.74) is 8.45. The zero-order valence-electron chi connectivity index (χ0n) is 17.5. The third-order valence-corrected chi connectivity index (χ3v) is 6.43. The summed E-state index contributed by atoms with van der Waals surface area (Å²) in [5, 5.41) is 8.84. The fourth-order valence-corrected chi connectivity index (χ4v) is 4.58. The summed E-state index contributed by atoms with van der Waals surface area (Å²) in [7, 11) is 0. The van der Waals surface area contributed by atoms with E-state index in [1.54, 1.807) is 0 Å². The Labute approximate surface area is 163 Å². The number of aliphatic carboxylic acids is 1. The lowest BCUT2D eigenvalue weighted by molar-refractivity contribution is -0.131. The Morgan fingerprint density at radius 1 is 1.11 bits per heavy atom. The first-order chi connectivity index (χ1) is 12.5. The van der Waals surface area contributed by atoms with Gasteiger partial charge in [0.2, 0.25) is 0 Å². The van der Waals surface area contributed by atoms with Crippen LogP contribution in [0.5, 0.6) is 0 Å². The highest BCUT2D eigenvalue weighted by atomic mass is 16.4. The fraction of sp³-hybridized carbons (Fsp3) is 0.480. The zero-order chi connectivity index (χ0) is 20.0. The first-order valence-corrected chi connectivity index (χ1v) is 9.99. The van der Waals surface area contributed by atoms with Crippen molar-refractivity contribution in [2.75, 3.05) is 0 Å². The first-order valence-electron chi connectivity index (χ1n) is 9.99. The van der Waals surface area contributed by atoms with Crippen molar-refractivity contribution in [3.05, 3.63) is 64.3 Å². The van der Waals surface area contributed by atoms with Crippen LogP contribution in [0.4, 0.5) is 0 Å². The summed E-state index contributed by atoms with van der Waals surface area (Å²) in [4.78, 5) is 10.8. The predicted molar refractivity (Wildman–Crippen MR) is 113 cm³/mol. The van der Waals surface area contributed by atoms with Crippen LogP contribution in [0.15, 0.2) is 42.0 Å². The van der Waals surface area contributed by atoms with E-state index in [2.05, 4.69) is 52.8 Å². The predicted octanol–water partition coefficient (Wildman–Crippen LogP) is 6.51. The molecule has 0 heterocycles. The Bertz CT molecular complexity index is 863. The van der Waals surface area contributed by atoms with E-state index in [9.17, 15) is 4.79 Å². The molecular formula is C25H32O2. The van der Waals surface area contributed by atoms with Gasteiger partial charge in [-0.2, -0.15) is 0 Å². The van der Waals surface area contributed by atoms with Gasteiger partial charge in [-0.05, 0) is 76.3 Å². The number of fused-ring (bicyclic) bond motifs is 2. The number of rotatable bonds is 3. The highest BCUT2D eigenvalue weighted by molar-refractivity contribution is 5.81. The lowest BCUT2D eigenvalue weighted by Gasteiger charge is -2.42. The molecule has 2 nitrogen and oxygen atoms in total.